The molecule has 7 atom stereocenters. The lowest BCUT2D eigenvalue weighted by molar-refractivity contribution is -0.302. The molecule has 7 unspecified atom stereocenters. The molecule has 9 nitrogen and oxygen atoms in total. The quantitative estimate of drug-likeness (QED) is 0.0287. The maximum absolute atomic E-state index is 12.8. The number of unbranched alkanes of at least 4 members (excludes halogenated alkanes) is 20. The number of allylic oxidation sites excluding steroid dienone is 5. The summed E-state index contributed by atoms with van der Waals surface area (Å²) in [5.41, 5.74) is 0. The zero-order valence-electron chi connectivity index (χ0n) is 33.1. The van der Waals surface area contributed by atoms with Crippen molar-refractivity contribution in [3.8, 4) is 0 Å². The van der Waals surface area contributed by atoms with Crippen LogP contribution in [0.5, 0.6) is 0 Å². The summed E-state index contributed by atoms with van der Waals surface area (Å²) in [6.07, 6.45) is 33.4. The lowest BCUT2D eigenvalue weighted by Crippen LogP contribution is -2.60. The van der Waals surface area contributed by atoms with E-state index in [2.05, 4.69) is 43.5 Å². The number of carbonyl (C=O) groups is 1. The average molecular weight is 738 g/mol. The van der Waals surface area contributed by atoms with Gasteiger partial charge < -0.3 is 40.3 Å². The van der Waals surface area contributed by atoms with Crippen LogP contribution in [0.3, 0.4) is 0 Å². The third-order valence-corrected chi connectivity index (χ3v) is 9.95. The minimum atomic E-state index is -1.57. The van der Waals surface area contributed by atoms with Crippen molar-refractivity contribution in [3.63, 3.8) is 0 Å². The second-order valence-corrected chi connectivity index (χ2v) is 14.8. The first-order chi connectivity index (χ1) is 25.3. The second kappa shape index (κ2) is 33.9. The van der Waals surface area contributed by atoms with E-state index in [1.807, 2.05) is 6.08 Å². The van der Waals surface area contributed by atoms with Gasteiger partial charge in [-0.1, -0.05) is 159 Å². The Morgan fingerprint density at radius 1 is 0.635 bits per heavy atom. The largest absolute Gasteiger partial charge is 0.394 e. The Kier molecular flexibility index (Phi) is 31.6. The van der Waals surface area contributed by atoms with Crippen molar-refractivity contribution in [2.45, 2.75) is 217 Å². The molecule has 0 aromatic rings. The van der Waals surface area contributed by atoms with Gasteiger partial charge in [-0.15, -0.1) is 0 Å². The Balaban J connectivity index is 2.43. The van der Waals surface area contributed by atoms with E-state index in [0.29, 0.717) is 6.42 Å². The van der Waals surface area contributed by atoms with Crippen molar-refractivity contribution in [2.75, 3.05) is 13.2 Å². The number of carbonyl (C=O) groups excluding carboxylic acids is 1. The molecule has 1 fully saturated rings. The molecule has 9 heteroatoms. The Morgan fingerprint density at radius 2 is 1.10 bits per heavy atom. The molecule has 1 amide bonds. The van der Waals surface area contributed by atoms with Gasteiger partial charge in [0.15, 0.2) is 6.29 Å². The summed E-state index contributed by atoms with van der Waals surface area (Å²) in [6, 6.07) is -0.822. The van der Waals surface area contributed by atoms with Crippen LogP contribution in [-0.2, 0) is 14.3 Å². The molecular formula is C43H79NO8. The maximum atomic E-state index is 12.8. The minimum Gasteiger partial charge on any atom is -0.394 e. The Labute approximate surface area is 317 Å². The fourth-order valence-corrected chi connectivity index (χ4v) is 6.48. The van der Waals surface area contributed by atoms with E-state index in [1.54, 1.807) is 6.08 Å². The molecule has 1 heterocycles. The number of rotatable bonds is 34. The predicted octanol–water partition coefficient (Wildman–Crippen LogP) is 8.11. The summed E-state index contributed by atoms with van der Waals surface area (Å²) in [5.74, 6) is -0.195. The van der Waals surface area contributed by atoms with Crippen LogP contribution < -0.4 is 5.32 Å². The Bertz CT molecular complexity index is 910. The highest BCUT2D eigenvalue weighted by Gasteiger charge is 2.44. The van der Waals surface area contributed by atoms with E-state index >= 15 is 0 Å². The van der Waals surface area contributed by atoms with E-state index in [9.17, 15) is 30.3 Å². The van der Waals surface area contributed by atoms with Crippen molar-refractivity contribution in [2.24, 2.45) is 0 Å². The standard InChI is InChI=1S/C43H79NO8/c1-3-5-7-9-11-13-15-16-17-18-19-20-21-22-23-24-26-28-30-32-37(46)36(35-51-43-42(50)41(49)40(48)38(34-45)52-43)44-39(47)33-31-29-27-25-14-12-10-8-6-4-2/h19-20,23-24,30,32,36-38,40-43,45-46,48-50H,3-18,21-22,25-29,31,33-35H2,1-2H3,(H,44,47)/b20-19+,24-23+,32-30+. The van der Waals surface area contributed by atoms with Crippen molar-refractivity contribution >= 4 is 5.91 Å². The second-order valence-electron chi connectivity index (χ2n) is 14.8. The van der Waals surface area contributed by atoms with Gasteiger partial charge >= 0.3 is 0 Å². The van der Waals surface area contributed by atoms with E-state index in [-0.39, 0.29) is 12.5 Å². The number of amides is 1. The molecule has 0 aliphatic carbocycles. The molecular weight excluding hydrogens is 658 g/mol. The van der Waals surface area contributed by atoms with Gasteiger partial charge in [-0.2, -0.15) is 0 Å². The summed E-state index contributed by atoms with van der Waals surface area (Å²) in [5, 5.41) is 53.9. The Morgan fingerprint density at radius 3 is 1.62 bits per heavy atom. The molecule has 0 saturated carbocycles. The fraction of sp³-hybridized carbons (Fsp3) is 0.837. The molecule has 1 aliphatic rings. The third-order valence-electron chi connectivity index (χ3n) is 9.95. The van der Waals surface area contributed by atoms with Crippen molar-refractivity contribution < 1.29 is 39.8 Å². The van der Waals surface area contributed by atoms with Gasteiger partial charge in [-0.05, 0) is 44.9 Å². The summed E-state index contributed by atoms with van der Waals surface area (Å²) < 4.78 is 11.2. The molecule has 1 saturated heterocycles. The fourth-order valence-electron chi connectivity index (χ4n) is 6.48. The molecule has 304 valence electrons. The molecule has 6 N–H and O–H groups in total. The van der Waals surface area contributed by atoms with Gasteiger partial charge in [0, 0.05) is 6.42 Å². The topological polar surface area (TPSA) is 149 Å². The van der Waals surface area contributed by atoms with Crippen molar-refractivity contribution in [1.29, 1.82) is 0 Å². The molecule has 0 bridgehead atoms. The lowest BCUT2D eigenvalue weighted by atomic mass is 9.99. The van der Waals surface area contributed by atoms with Gasteiger partial charge in [-0.3, -0.25) is 4.79 Å². The van der Waals surface area contributed by atoms with Gasteiger partial charge in [-0.25, -0.2) is 0 Å². The van der Waals surface area contributed by atoms with Crippen LogP contribution in [0.25, 0.3) is 0 Å². The average Bonchev–Trinajstić information content (AvgIpc) is 3.14. The monoisotopic (exact) mass is 738 g/mol. The number of nitrogens with one attached hydrogen (secondary N) is 1. The zero-order valence-corrected chi connectivity index (χ0v) is 33.1. The van der Waals surface area contributed by atoms with Crippen LogP contribution in [0.4, 0.5) is 0 Å². The SMILES string of the molecule is CCCCCCCCCCC/C=C/CC/C=C/CC/C=C/C(O)C(COC1OC(CO)C(O)C(O)C1O)NC(=O)CCCCCCCCCCCC. The number of hydrogen-bond acceptors (Lipinski definition) is 8. The summed E-state index contributed by atoms with van der Waals surface area (Å²) >= 11 is 0. The smallest absolute Gasteiger partial charge is 0.220 e. The van der Waals surface area contributed by atoms with Gasteiger partial charge in [0.1, 0.15) is 24.4 Å². The molecule has 1 aliphatic heterocycles. The normalized spacial score (nSPS) is 22.2. The van der Waals surface area contributed by atoms with Gasteiger partial charge in [0.25, 0.3) is 0 Å². The first-order valence-corrected chi connectivity index (χ1v) is 21.2. The molecule has 1 rings (SSSR count). The number of aliphatic hydroxyl groups excluding tert-OH is 5. The number of aliphatic hydroxyl groups is 5. The van der Waals surface area contributed by atoms with Crippen LogP contribution in [0.15, 0.2) is 36.5 Å². The highest BCUT2D eigenvalue weighted by atomic mass is 16.7. The number of ether oxygens (including phenoxy) is 2. The van der Waals surface area contributed by atoms with Crippen LogP contribution >= 0.6 is 0 Å². The number of hydrogen-bond donors (Lipinski definition) is 6. The van der Waals surface area contributed by atoms with E-state index in [1.165, 1.54) is 109 Å². The van der Waals surface area contributed by atoms with Crippen LogP contribution in [-0.4, -0.2) is 87.5 Å². The van der Waals surface area contributed by atoms with Gasteiger partial charge in [0.2, 0.25) is 5.91 Å². The summed E-state index contributed by atoms with van der Waals surface area (Å²) in [6.45, 7) is 3.71. The van der Waals surface area contributed by atoms with E-state index in [0.717, 1.165) is 44.9 Å². The van der Waals surface area contributed by atoms with Crippen LogP contribution in [0.2, 0.25) is 0 Å². The molecule has 0 aromatic carbocycles. The Hall–Kier alpha value is -1.59. The lowest BCUT2D eigenvalue weighted by Gasteiger charge is -2.40. The predicted molar refractivity (Wildman–Crippen MR) is 212 cm³/mol. The highest BCUT2D eigenvalue weighted by molar-refractivity contribution is 5.76. The van der Waals surface area contributed by atoms with E-state index in [4.69, 9.17) is 9.47 Å². The van der Waals surface area contributed by atoms with E-state index < -0.39 is 49.5 Å². The minimum absolute atomic E-state index is 0.195. The molecule has 0 aromatic heterocycles. The van der Waals surface area contributed by atoms with Crippen LogP contribution in [0.1, 0.15) is 174 Å². The zero-order chi connectivity index (χ0) is 38.1. The highest BCUT2D eigenvalue weighted by Crippen LogP contribution is 2.22. The van der Waals surface area contributed by atoms with Crippen LogP contribution in [0, 0.1) is 0 Å². The first kappa shape index (κ1) is 48.4. The first-order valence-electron chi connectivity index (χ1n) is 21.2. The summed E-state index contributed by atoms with van der Waals surface area (Å²) in [4.78, 5) is 12.8. The maximum Gasteiger partial charge on any atom is 0.220 e. The molecule has 52 heavy (non-hydrogen) atoms. The molecule has 0 spiro atoms. The van der Waals surface area contributed by atoms with Crippen molar-refractivity contribution in [1.82, 2.24) is 5.32 Å². The molecule has 0 radical (unpaired) electrons. The third kappa shape index (κ3) is 24.7. The summed E-state index contributed by atoms with van der Waals surface area (Å²) in [7, 11) is 0. The van der Waals surface area contributed by atoms with Crippen molar-refractivity contribution in [3.05, 3.63) is 36.5 Å². The van der Waals surface area contributed by atoms with Gasteiger partial charge in [0.05, 0.1) is 25.4 Å².